The van der Waals surface area contributed by atoms with E-state index >= 15 is 0 Å². The van der Waals surface area contributed by atoms with E-state index in [2.05, 4.69) is 51.9 Å². The van der Waals surface area contributed by atoms with E-state index in [0.29, 0.717) is 41.9 Å². The molecule has 0 saturated heterocycles. The van der Waals surface area contributed by atoms with Crippen molar-refractivity contribution in [3.63, 3.8) is 0 Å². The smallest absolute Gasteiger partial charge is 0.255 e. The van der Waals surface area contributed by atoms with Crippen LogP contribution in [0.5, 0.6) is 11.5 Å². The highest BCUT2D eigenvalue weighted by molar-refractivity contribution is 6.06. The molecule has 1 aromatic heterocycles. The van der Waals surface area contributed by atoms with E-state index in [1.165, 1.54) is 11.9 Å². The lowest BCUT2D eigenvalue weighted by Crippen LogP contribution is -2.31. The number of allylic oxidation sites excluding steroid dienone is 1. The van der Waals surface area contributed by atoms with Crippen molar-refractivity contribution < 1.29 is 14.3 Å². The molecule has 1 unspecified atom stereocenters. The van der Waals surface area contributed by atoms with Crippen LogP contribution in [0.25, 0.3) is 0 Å². The molecule has 0 spiro atoms. The number of carbonyl (C=O) groups is 1. The number of amides is 1. The molecule has 38 heavy (non-hydrogen) atoms. The lowest BCUT2D eigenvalue weighted by molar-refractivity contribution is -0.113. The number of anilines is 2. The number of hydrogen-bond acceptors (Lipinski definition) is 6. The van der Waals surface area contributed by atoms with Crippen molar-refractivity contribution in [1.29, 1.82) is 0 Å². The van der Waals surface area contributed by atoms with Gasteiger partial charge in [0.15, 0.2) is 11.5 Å². The van der Waals surface area contributed by atoms with Gasteiger partial charge < -0.3 is 20.1 Å². The molecule has 1 aliphatic rings. The van der Waals surface area contributed by atoms with Crippen molar-refractivity contribution in [2.24, 2.45) is 0 Å². The molecular weight excluding hydrogens is 478 g/mol. The maximum absolute atomic E-state index is 13.7. The van der Waals surface area contributed by atoms with Crippen LogP contribution < -0.4 is 20.1 Å². The Morgan fingerprint density at radius 3 is 2.55 bits per heavy atom. The van der Waals surface area contributed by atoms with Crippen molar-refractivity contribution in [3.05, 3.63) is 107 Å². The van der Waals surface area contributed by atoms with E-state index in [1.807, 2.05) is 63.2 Å². The largest absolute Gasteiger partial charge is 0.490 e. The van der Waals surface area contributed by atoms with Crippen LogP contribution in [-0.2, 0) is 11.4 Å². The second-order valence-corrected chi connectivity index (χ2v) is 9.28. The maximum Gasteiger partial charge on any atom is 0.255 e. The number of ether oxygens (including phenoxy) is 2. The van der Waals surface area contributed by atoms with E-state index in [0.717, 1.165) is 22.4 Å². The molecule has 194 valence electrons. The molecule has 1 amide bonds. The Morgan fingerprint density at radius 1 is 1.00 bits per heavy atom. The van der Waals surface area contributed by atoms with Gasteiger partial charge in [-0.15, -0.1) is 0 Å². The van der Waals surface area contributed by atoms with Crippen LogP contribution in [0.2, 0.25) is 0 Å². The summed E-state index contributed by atoms with van der Waals surface area (Å²) in [5, 5.41) is 10.7. The van der Waals surface area contributed by atoms with E-state index in [9.17, 15) is 4.79 Å². The van der Waals surface area contributed by atoms with Crippen molar-refractivity contribution >= 4 is 17.5 Å². The topological polar surface area (TPSA) is 90.3 Å². The number of para-hydroxylation sites is 1. The normalized spacial score (nSPS) is 14.5. The third-order valence-corrected chi connectivity index (χ3v) is 6.53. The summed E-state index contributed by atoms with van der Waals surface area (Å²) in [7, 11) is 0. The van der Waals surface area contributed by atoms with Gasteiger partial charge in [0.2, 0.25) is 5.95 Å². The van der Waals surface area contributed by atoms with Crippen LogP contribution in [0.15, 0.2) is 84.3 Å². The van der Waals surface area contributed by atoms with Crippen LogP contribution in [0, 0.1) is 13.8 Å². The Kier molecular flexibility index (Phi) is 7.13. The molecule has 0 radical (unpaired) electrons. The Labute approximate surface area is 222 Å². The van der Waals surface area contributed by atoms with Gasteiger partial charge in [-0.3, -0.25) is 4.79 Å². The Bertz CT molecular complexity index is 1490. The average Bonchev–Trinajstić information content (AvgIpc) is 3.37. The maximum atomic E-state index is 13.7. The summed E-state index contributed by atoms with van der Waals surface area (Å²) >= 11 is 0. The van der Waals surface area contributed by atoms with Crippen LogP contribution in [0.3, 0.4) is 0 Å². The Hall–Kier alpha value is -4.59. The van der Waals surface area contributed by atoms with E-state index < -0.39 is 6.04 Å². The molecule has 8 nitrogen and oxygen atoms in total. The highest BCUT2D eigenvalue weighted by atomic mass is 16.5. The number of rotatable bonds is 8. The average molecular weight is 510 g/mol. The minimum atomic E-state index is -0.511. The summed E-state index contributed by atoms with van der Waals surface area (Å²) in [5.41, 5.74) is 6.10. The van der Waals surface area contributed by atoms with Gasteiger partial charge in [-0.1, -0.05) is 54.1 Å². The fourth-order valence-corrected chi connectivity index (χ4v) is 4.52. The van der Waals surface area contributed by atoms with E-state index in [4.69, 9.17) is 9.47 Å². The highest BCUT2D eigenvalue weighted by Crippen LogP contribution is 2.39. The fraction of sp³-hybridized carbons (Fsp3) is 0.233. The lowest BCUT2D eigenvalue weighted by Gasteiger charge is -2.29. The molecule has 1 atom stereocenters. The fourth-order valence-electron chi connectivity index (χ4n) is 4.52. The standard InChI is InChI=1S/C30H31N5O3/c1-5-37-26-16-23(14-15-25(26)38-17-22-12-10-19(2)11-13-22)28-27(21(4)33-30-31-18-32-35(28)30)29(36)34-24-9-7-6-8-20(24)3/h6-16,18,28H,5,17H2,1-4H3,(H,34,36)(H,31,32,33). The zero-order valence-corrected chi connectivity index (χ0v) is 22.0. The molecule has 5 rings (SSSR count). The van der Waals surface area contributed by atoms with Crippen molar-refractivity contribution in [3.8, 4) is 11.5 Å². The SMILES string of the molecule is CCOc1cc(C2C(C(=O)Nc3ccccc3C)=C(C)Nc3ncnn32)ccc1OCc1ccc(C)cc1. The molecule has 0 aliphatic carbocycles. The Morgan fingerprint density at radius 2 is 1.79 bits per heavy atom. The number of nitrogens with one attached hydrogen (secondary N) is 2. The van der Waals surface area contributed by atoms with Gasteiger partial charge in [-0.25, -0.2) is 4.68 Å². The van der Waals surface area contributed by atoms with Crippen molar-refractivity contribution in [2.75, 3.05) is 17.2 Å². The number of fused-ring (bicyclic) bond motifs is 1. The minimum Gasteiger partial charge on any atom is -0.490 e. The first-order valence-electron chi connectivity index (χ1n) is 12.6. The molecule has 0 fully saturated rings. The second kappa shape index (κ2) is 10.8. The first-order chi connectivity index (χ1) is 18.4. The number of benzene rings is 3. The number of aryl methyl sites for hydroxylation is 2. The summed E-state index contributed by atoms with van der Waals surface area (Å²) in [6, 6.07) is 21.2. The van der Waals surface area contributed by atoms with Gasteiger partial charge in [0, 0.05) is 11.4 Å². The third-order valence-electron chi connectivity index (χ3n) is 6.53. The minimum absolute atomic E-state index is 0.215. The van der Waals surface area contributed by atoms with E-state index in [-0.39, 0.29) is 5.91 Å². The molecule has 8 heteroatoms. The predicted molar refractivity (Wildman–Crippen MR) is 147 cm³/mol. The van der Waals surface area contributed by atoms with Gasteiger partial charge in [-0.05, 0) is 62.6 Å². The van der Waals surface area contributed by atoms with Gasteiger partial charge in [0.1, 0.15) is 19.0 Å². The molecule has 3 aromatic carbocycles. The molecule has 2 N–H and O–H groups in total. The number of carbonyl (C=O) groups excluding carboxylic acids is 1. The number of aromatic nitrogens is 3. The molecule has 2 heterocycles. The van der Waals surface area contributed by atoms with Crippen LogP contribution in [0.4, 0.5) is 11.6 Å². The van der Waals surface area contributed by atoms with Crippen LogP contribution >= 0.6 is 0 Å². The molecule has 4 aromatic rings. The van der Waals surface area contributed by atoms with E-state index in [1.54, 1.807) is 4.68 Å². The van der Waals surface area contributed by atoms with Gasteiger partial charge >= 0.3 is 0 Å². The number of hydrogen-bond donors (Lipinski definition) is 2. The third kappa shape index (κ3) is 5.11. The molecule has 0 bridgehead atoms. The summed E-state index contributed by atoms with van der Waals surface area (Å²) in [4.78, 5) is 18.0. The molecule has 1 aliphatic heterocycles. The van der Waals surface area contributed by atoms with Crippen molar-refractivity contribution in [1.82, 2.24) is 14.8 Å². The summed E-state index contributed by atoms with van der Waals surface area (Å²) in [6.07, 6.45) is 1.48. The van der Waals surface area contributed by atoms with Crippen molar-refractivity contribution in [2.45, 2.75) is 40.3 Å². The predicted octanol–water partition coefficient (Wildman–Crippen LogP) is 5.80. The van der Waals surface area contributed by atoms with Gasteiger partial charge in [-0.2, -0.15) is 10.1 Å². The van der Waals surface area contributed by atoms with Crippen LogP contribution in [-0.4, -0.2) is 27.3 Å². The monoisotopic (exact) mass is 509 g/mol. The van der Waals surface area contributed by atoms with Gasteiger partial charge in [0.05, 0.1) is 12.2 Å². The quantitative estimate of drug-likeness (QED) is 0.312. The lowest BCUT2D eigenvalue weighted by atomic mass is 9.94. The number of nitrogens with zero attached hydrogens (tertiary/aromatic N) is 3. The Balaban J connectivity index is 1.49. The molecular formula is C30H31N5O3. The first kappa shape index (κ1) is 25.1. The summed E-state index contributed by atoms with van der Waals surface area (Å²) in [5.74, 6) is 1.59. The van der Waals surface area contributed by atoms with Gasteiger partial charge in [0.25, 0.3) is 5.91 Å². The summed E-state index contributed by atoms with van der Waals surface area (Å²) < 4.78 is 13.8. The highest BCUT2D eigenvalue weighted by Gasteiger charge is 2.34. The second-order valence-electron chi connectivity index (χ2n) is 9.28. The molecule has 0 saturated carbocycles. The zero-order valence-electron chi connectivity index (χ0n) is 22.0. The first-order valence-corrected chi connectivity index (χ1v) is 12.6. The zero-order chi connectivity index (χ0) is 26.6. The van der Waals surface area contributed by atoms with Crippen LogP contribution in [0.1, 0.15) is 42.1 Å². The summed E-state index contributed by atoms with van der Waals surface area (Å²) in [6.45, 7) is 8.72.